The Morgan fingerprint density at radius 2 is 1.74 bits per heavy atom. The number of carbonyl (C=O) groups excluding carboxylic acids is 3. The second-order valence-corrected chi connectivity index (χ2v) is 11.7. The fourth-order valence-electron chi connectivity index (χ4n) is 6.13. The van der Waals surface area contributed by atoms with E-state index in [1.807, 2.05) is 30.3 Å². The highest BCUT2D eigenvalue weighted by Crippen LogP contribution is 2.40. The van der Waals surface area contributed by atoms with Crippen molar-refractivity contribution in [2.75, 3.05) is 60.5 Å². The minimum absolute atomic E-state index is 0.0485. The minimum atomic E-state index is -0.489. The number of fused-ring (bicyclic) bond motifs is 1. The summed E-state index contributed by atoms with van der Waals surface area (Å²) in [6, 6.07) is 10.9. The molecule has 4 heterocycles. The molecule has 0 saturated carbocycles. The van der Waals surface area contributed by atoms with Crippen LogP contribution in [0.1, 0.15) is 28.9 Å². The molecule has 0 atom stereocenters. The van der Waals surface area contributed by atoms with E-state index in [0.29, 0.717) is 73.5 Å². The molecule has 46 heavy (non-hydrogen) atoms. The predicted octanol–water partition coefficient (Wildman–Crippen LogP) is 3.72. The Labute approximate surface area is 266 Å². The number of hydrogen-bond donors (Lipinski definition) is 1. The molecule has 0 bridgehead atoms. The number of para-hydroxylation sites is 1. The lowest BCUT2D eigenvalue weighted by atomic mass is 9.93. The summed E-state index contributed by atoms with van der Waals surface area (Å²) in [4.78, 5) is 48.9. The van der Waals surface area contributed by atoms with Gasteiger partial charge in [-0.05, 0) is 35.8 Å². The molecule has 0 spiro atoms. The Hall–Kier alpha value is -5.20. The van der Waals surface area contributed by atoms with Gasteiger partial charge in [0.2, 0.25) is 5.91 Å². The number of hydrogen-bond acceptors (Lipinski definition) is 6. The second kappa shape index (κ2) is 13.0. The van der Waals surface area contributed by atoms with Gasteiger partial charge in [0, 0.05) is 82.5 Å². The number of carbonyl (C=O) groups is 3. The fourth-order valence-corrected chi connectivity index (χ4v) is 6.13. The molecule has 1 fully saturated rings. The summed E-state index contributed by atoms with van der Waals surface area (Å²) in [6.07, 6.45) is 6.09. The Kier molecular flexibility index (Phi) is 8.73. The lowest BCUT2D eigenvalue weighted by molar-refractivity contribution is -0.131. The first-order valence-corrected chi connectivity index (χ1v) is 15.3. The lowest BCUT2D eigenvalue weighted by Gasteiger charge is -2.35. The number of H-pyrrole nitrogens is 1. The number of piperazine rings is 1. The van der Waals surface area contributed by atoms with Gasteiger partial charge < -0.3 is 29.3 Å². The monoisotopic (exact) mass is 628 g/mol. The van der Waals surface area contributed by atoms with Crippen molar-refractivity contribution in [1.29, 1.82) is 0 Å². The maximum atomic E-state index is 16.5. The molecule has 4 amide bonds. The van der Waals surface area contributed by atoms with Crippen molar-refractivity contribution in [2.24, 2.45) is 0 Å². The van der Waals surface area contributed by atoms with Crippen molar-refractivity contribution in [3.63, 3.8) is 0 Å². The van der Waals surface area contributed by atoms with Crippen molar-refractivity contribution in [3.8, 4) is 16.9 Å². The van der Waals surface area contributed by atoms with E-state index in [1.54, 1.807) is 65.1 Å². The third-order valence-corrected chi connectivity index (χ3v) is 8.58. The maximum absolute atomic E-state index is 16.5. The quantitative estimate of drug-likeness (QED) is 0.333. The molecule has 2 aromatic carbocycles. The minimum Gasteiger partial charge on any atom is -0.496 e. The van der Waals surface area contributed by atoms with Gasteiger partial charge in [-0.1, -0.05) is 29.5 Å². The van der Waals surface area contributed by atoms with E-state index in [4.69, 9.17) is 4.74 Å². The number of nitrogens with one attached hydrogen (secondary N) is 1. The van der Waals surface area contributed by atoms with Crippen molar-refractivity contribution >= 4 is 34.3 Å². The normalized spacial score (nSPS) is 15.2. The Bertz CT molecular complexity index is 1790. The maximum Gasteiger partial charge on any atom is 0.319 e. The van der Waals surface area contributed by atoms with Crippen molar-refractivity contribution in [1.82, 2.24) is 39.6 Å². The van der Waals surface area contributed by atoms with Gasteiger partial charge in [-0.15, -0.1) is 5.10 Å². The van der Waals surface area contributed by atoms with Gasteiger partial charge in [0.05, 0.1) is 25.4 Å². The van der Waals surface area contributed by atoms with E-state index in [9.17, 15) is 14.4 Å². The standard InChI is InChI=1S/C33H37FN8O4/c1-38(2)33(45)40-17-15-39(16-18-40)32(44)27-20-26-25(23-8-4-5-9-28(23)46-3)19-24(30(34)31(26)36-27)22-7-6-12-41(21-22)29(43)10-13-42-14-11-35-37-42/h4-5,7-9,11,14,19-20,36H,6,10,12-13,15-18,21H2,1-3H3. The van der Waals surface area contributed by atoms with E-state index in [-0.39, 0.29) is 42.0 Å². The molecule has 240 valence electrons. The average molecular weight is 629 g/mol. The van der Waals surface area contributed by atoms with Gasteiger partial charge in [-0.2, -0.15) is 0 Å². The van der Waals surface area contributed by atoms with E-state index in [2.05, 4.69) is 15.3 Å². The van der Waals surface area contributed by atoms with Gasteiger partial charge in [-0.25, -0.2) is 9.18 Å². The van der Waals surface area contributed by atoms with Crippen LogP contribution < -0.4 is 4.74 Å². The highest BCUT2D eigenvalue weighted by Gasteiger charge is 2.29. The summed E-state index contributed by atoms with van der Waals surface area (Å²) in [5, 5.41) is 8.26. The van der Waals surface area contributed by atoms with Crippen LogP contribution >= 0.6 is 0 Å². The topological polar surface area (TPSA) is 120 Å². The predicted molar refractivity (Wildman–Crippen MR) is 171 cm³/mol. The number of aryl methyl sites for hydroxylation is 1. The summed E-state index contributed by atoms with van der Waals surface area (Å²) < 4.78 is 23.8. The molecule has 2 aliphatic rings. The number of aromatic amines is 1. The lowest BCUT2D eigenvalue weighted by Crippen LogP contribution is -2.52. The molecule has 2 aromatic heterocycles. The van der Waals surface area contributed by atoms with Gasteiger partial charge in [0.25, 0.3) is 5.91 Å². The molecule has 4 aromatic rings. The van der Waals surface area contributed by atoms with Crippen LogP contribution in [-0.4, -0.2) is 118 Å². The molecule has 1 N–H and O–H groups in total. The van der Waals surface area contributed by atoms with Crippen LogP contribution in [0.4, 0.5) is 9.18 Å². The van der Waals surface area contributed by atoms with Gasteiger partial charge in [-0.3, -0.25) is 14.3 Å². The fraction of sp³-hybridized carbons (Fsp3) is 0.364. The number of halogens is 1. The third-order valence-electron chi connectivity index (χ3n) is 8.58. The SMILES string of the molecule is COc1ccccc1-c1cc(C2=CCCN(C(=O)CCn3ccnn3)C2)c(F)c2[nH]c(C(=O)N3CCN(C(=O)N(C)C)CC3)cc12. The molecule has 0 aliphatic carbocycles. The average Bonchev–Trinajstić information content (AvgIpc) is 3.78. The van der Waals surface area contributed by atoms with Crippen molar-refractivity contribution in [2.45, 2.75) is 19.4 Å². The molecule has 0 unspecified atom stereocenters. The van der Waals surface area contributed by atoms with E-state index < -0.39 is 5.82 Å². The molecule has 12 nitrogen and oxygen atoms in total. The zero-order valence-corrected chi connectivity index (χ0v) is 26.2. The number of amides is 4. The summed E-state index contributed by atoms with van der Waals surface area (Å²) >= 11 is 0. The zero-order valence-electron chi connectivity index (χ0n) is 26.2. The molecule has 6 rings (SSSR count). The summed E-state index contributed by atoms with van der Waals surface area (Å²) in [5.74, 6) is -0.189. The van der Waals surface area contributed by atoms with Gasteiger partial charge in [0.1, 0.15) is 11.4 Å². The first-order valence-electron chi connectivity index (χ1n) is 15.3. The van der Waals surface area contributed by atoms with Crippen molar-refractivity contribution in [3.05, 3.63) is 71.9 Å². The van der Waals surface area contributed by atoms with Crippen LogP contribution in [0.3, 0.4) is 0 Å². The Morgan fingerprint density at radius 3 is 2.46 bits per heavy atom. The van der Waals surface area contributed by atoms with E-state index in [1.165, 1.54) is 4.90 Å². The third kappa shape index (κ3) is 6.04. The summed E-state index contributed by atoms with van der Waals surface area (Å²) in [7, 11) is 4.98. The Balaban J connectivity index is 1.33. The largest absolute Gasteiger partial charge is 0.496 e. The number of methoxy groups -OCH3 is 1. The van der Waals surface area contributed by atoms with Crippen LogP contribution in [0.2, 0.25) is 0 Å². The number of benzene rings is 2. The van der Waals surface area contributed by atoms with Crippen LogP contribution in [0.25, 0.3) is 27.6 Å². The number of rotatable bonds is 7. The van der Waals surface area contributed by atoms with E-state index in [0.717, 1.165) is 5.56 Å². The number of aromatic nitrogens is 4. The molecule has 0 radical (unpaired) electrons. The zero-order chi connectivity index (χ0) is 32.4. The van der Waals surface area contributed by atoms with Gasteiger partial charge >= 0.3 is 6.03 Å². The van der Waals surface area contributed by atoms with Crippen LogP contribution in [0.5, 0.6) is 5.75 Å². The second-order valence-electron chi connectivity index (χ2n) is 11.7. The Morgan fingerprint density at radius 1 is 0.978 bits per heavy atom. The molecule has 13 heteroatoms. The molecular formula is C33H37FN8O4. The van der Waals surface area contributed by atoms with Crippen molar-refractivity contribution < 1.29 is 23.5 Å². The number of urea groups is 1. The smallest absolute Gasteiger partial charge is 0.319 e. The summed E-state index contributed by atoms with van der Waals surface area (Å²) in [6.45, 7) is 2.77. The number of ether oxygens (including phenoxy) is 1. The highest BCUT2D eigenvalue weighted by atomic mass is 19.1. The van der Waals surface area contributed by atoms with Crippen LogP contribution in [0, 0.1) is 5.82 Å². The first-order chi connectivity index (χ1) is 22.2. The first kappa shape index (κ1) is 30.8. The van der Waals surface area contributed by atoms with E-state index >= 15 is 4.39 Å². The molecular weight excluding hydrogens is 591 g/mol. The van der Waals surface area contributed by atoms with Crippen LogP contribution in [-0.2, 0) is 11.3 Å². The molecule has 2 aliphatic heterocycles. The highest BCUT2D eigenvalue weighted by molar-refractivity contribution is 6.05. The van der Waals surface area contributed by atoms with Crippen LogP contribution in [0.15, 0.2) is 54.9 Å². The van der Waals surface area contributed by atoms with Gasteiger partial charge in [0.15, 0.2) is 5.82 Å². The number of nitrogens with zero attached hydrogens (tertiary/aromatic N) is 7. The summed E-state index contributed by atoms with van der Waals surface area (Å²) in [5.41, 5.74) is 2.98. The molecule has 1 saturated heterocycles.